The van der Waals surface area contributed by atoms with Crippen LogP contribution in [0.3, 0.4) is 0 Å². The first kappa shape index (κ1) is 13.1. The second-order valence-corrected chi connectivity index (χ2v) is 6.46. The van der Waals surface area contributed by atoms with Gasteiger partial charge >= 0.3 is 0 Å². The Labute approximate surface area is 127 Å². The van der Waals surface area contributed by atoms with E-state index in [4.69, 9.17) is 0 Å². The zero-order chi connectivity index (χ0) is 13.2. The quantitative estimate of drug-likeness (QED) is 0.821. The van der Waals surface area contributed by atoms with Gasteiger partial charge in [0.05, 0.1) is 18.2 Å². The molecule has 0 saturated carbocycles. The Morgan fingerprint density at radius 1 is 1.26 bits per heavy atom. The van der Waals surface area contributed by atoms with E-state index < -0.39 is 0 Å². The second kappa shape index (κ2) is 5.63. The maximum atomic E-state index is 4.34. The minimum Gasteiger partial charge on any atom is -0.306 e. The molecule has 0 bridgehead atoms. The van der Waals surface area contributed by atoms with Gasteiger partial charge in [-0.2, -0.15) is 0 Å². The van der Waals surface area contributed by atoms with Crippen LogP contribution in [0.15, 0.2) is 36.8 Å². The van der Waals surface area contributed by atoms with Crippen LogP contribution in [0.25, 0.3) is 5.69 Å². The molecule has 2 unspecified atom stereocenters. The molecule has 1 aromatic carbocycles. The van der Waals surface area contributed by atoms with Crippen molar-refractivity contribution >= 4 is 22.6 Å². The molecule has 4 heteroatoms. The number of benzene rings is 1. The Morgan fingerprint density at radius 3 is 2.79 bits per heavy atom. The first-order valence-corrected chi connectivity index (χ1v) is 7.86. The van der Waals surface area contributed by atoms with Gasteiger partial charge in [0.2, 0.25) is 0 Å². The van der Waals surface area contributed by atoms with Gasteiger partial charge in [-0.15, -0.1) is 0 Å². The van der Waals surface area contributed by atoms with E-state index in [1.165, 1.54) is 34.2 Å². The molecule has 1 aliphatic heterocycles. The SMILES string of the molecule is CC1CCCC(c2cncn2-c2ccc(I)cc2)N1. The van der Waals surface area contributed by atoms with Crippen LogP contribution in [0.2, 0.25) is 0 Å². The van der Waals surface area contributed by atoms with Crippen LogP contribution < -0.4 is 5.32 Å². The van der Waals surface area contributed by atoms with Gasteiger partial charge in [0.1, 0.15) is 0 Å². The van der Waals surface area contributed by atoms with E-state index in [0.29, 0.717) is 12.1 Å². The lowest BCUT2D eigenvalue weighted by Gasteiger charge is -2.29. The van der Waals surface area contributed by atoms with E-state index in [2.05, 4.69) is 68.6 Å². The van der Waals surface area contributed by atoms with E-state index >= 15 is 0 Å². The maximum absolute atomic E-state index is 4.34. The highest BCUT2D eigenvalue weighted by Gasteiger charge is 2.22. The minimum absolute atomic E-state index is 0.422. The van der Waals surface area contributed by atoms with Gasteiger partial charge in [-0.25, -0.2) is 4.98 Å². The number of hydrogen-bond donors (Lipinski definition) is 1. The summed E-state index contributed by atoms with van der Waals surface area (Å²) >= 11 is 2.33. The molecule has 1 N–H and O–H groups in total. The smallest absolute Gasteiger partial charge is 0.0994 e. The summed E-state index contributed by atoms with van der Waals surface area (Å²) in [7, 11) is 0. The standard InChI is InChI=1S/C15H18IN3/c1-11-3-2-4-14(18-11)15-9-17-10-19(15)13-7-5-12(16)6-8-13/h5-11,14,18H,2-4H2,1H3. The van der Waals surface area contributed by atoms with Gasteiger partial charge < -0.3 is 9.88 Å². The van der Waals surface area contributed by atoms with Crippen molar-refractivity contribution in [2.45, 2.75) is 38.3 Å². The van der Waals surface area contributed by atoms with E-state index in [9.17, 15) is 0 Å². The van der Waals surface area contributed by atoms with Crippen molar-refractivity contribution in [1.82, 2.24) is 14.9 Å². The molecule has 0 aliphatic carbocycles. The second-order valence-electron chi connectivity index (χ2n) is 5.22. The molecule has 0 radical (unpaired) electrons. The van der Waals surface area contributed by atoms with Crippen LogP contribution in [-0.2, 0) is 0 Å². The number of aromatic nitrogens is 2. The van der Waals surface area contributed by atoms with Crippen LogP contribution in [0, 0.1) is 3.57 Å². The third kappa shape index (κ3) is 2.84. The topological polar surface area (TPSA) is 29.9 Å². The van der Waals surface area contributed by atoms with Crippen molar-refractivity contribution in [1.29, 1.82) is 0 Å². The molecule has 100 valence electrons. The zero-order valence-electron chi connectivity index (χ0n) is 11.0. The third-order valence-corrected chi connectivity index (χ3v) is 4.46. The van der Waals surface area contributed by atoms with E-state index in [0.717, 1.165) is 0 Å². The lowest BCUT2D eigenvalue weighted by Crippen LogP contribution is -2.35. The summed E-state index contributed by atoms with van der Waals surface area (Å²) in [5.41, 5.74) is 2.46. The average molecular weight is 367 g/mol. The monoisotopic (exact) mass is 367 g/mol. The van der Waals surface area contributed by atoms with Crippen molar-refractivity contribution in [2.75, 3.05) is 0 Å². The lowest BCUT2D eigenvalue weighted by atomic mass is 9.97. The largest absolute Gasteiger partial charge is 0.306 e. The highest BCUT2D eigenvalue weighted by atomic mass is 127. The number of rotatable bonds is 2. The van der Waals surface area contributed by atoms with Gasteiger partial charge in [0, 0.05) is 21.3 Å². The fourth-order valence-corrected chi connectivity index (χ4v) is 3.11. The predicted molar refractivity (Wildman–Crippen MR) is 85.5 cm³/mol. The summed E-state index contributed by atoms with van der Waals surface area (Å²) in [5.74, 6) is 0. The van der Waals surface area contributed by atoms with Crippen molar-refractivity contribution in [3.8, 4) is 5.69 Å². The van der Waals surface area contributed by atoms with Gasteiger partial charge in [0.15, 0.2) is 0 Å². The molecule has 2 aromatic rings. The highest BCUT2D eigenvalue weighted by Crippen LogP contribution is 2.27. The Bertz CT molecular complexity index is 547. The number of halogens is 1. The predicted octanol–water partition coefficient (Wildman–Crippen LogP) is 3.68. The molecular formula is C15H18IN3. The fraction of sp³-hybridized carbons (Fsp3) is 0.400. The first-order valence-electron chi connectivity index (χ1n) is 6.78. The molecule has 19 heavy (non-hydrogen) atoms. The highest BCUT2D eigenvalue weighted by molar-refractivity contribution is 14.1. The number of imidazole rings is 1. The Balaban J connectivity index is 1.91. The first-order chi connectivity index (χ1) is 9.24. The molecule has 0 amide bonds. The minimum atomic E-state index is 0.422. The summed E-state index contributed by atoms with van der Waals surface area (Å²) in [6.07, 6.45) is 7.66. The van der Waals surface area contributed by atoms with E-state index in [-0.39, 0.29) is 0 Å². The lowest BCUT2D eigenvalue weighted by molar-refractivity contribution is 0.334. The van der Waals surface area contributed by atoms with Gasteiger partial charge in [-0.3, -0.25) is 0 Å². The summed E-state index contributed by atoms with van der Waals surface area (Å²) < 4.78 is 3.46. The fourth-order valence-electron chi connectivity index (χ4n) is 2.75. The molecule has 3 nitrogen and oxygen atoms in total. The molecule has 3 rings (SSSR count). The van der Waals surface area contributed by atoms with E-state index in [1.54, 1.807) is 0 Å². The summed E-state index contributed by atoms with van der Waals surface area (Å²) in [5, 5.41) is 3.68. The van der Waals surface area contributed by atoms with Crippen LogP contribution >= 0.6 is 22.6 Å². The molecule has 1 aromatic heterocycles. The Kier molecular flexibility index (Phi) is 3.88. The molecule has 1 fully saturated rings. The number of nitrogens with one attached hydrogen (secondary N) is 1. The Morgan fingerprint density at radius 2 is 2.05 bits per heavy atom. The number of hydrogen-bond acceptors (Lipinski definition) is 2. The molecule has 1 aliphatic rings. The van der Waals surface area contributed by atoms with Crippen LogP contribution in [0.1, 0.15) is 37.9 Å². The third-order valence-electron chi connectivity index (χ3n) is 3.74. The molecular weight excluding hydrogens is 349 g/mol. The summed E-state index contributed by atoms with van der Waals surface area (Å²) in [6.45, 7) is 2.26. The van der Waals surface area contributed by atoms with Crippen molar-refractivity contribution in [2.24, 2.45) is 0 Å². The van der Waals surface area contributed by atoms with Gasteiger partial charge in [-0.05, 0) is 73.0 Å². The summed E-state index contributed by atoms with van der Waals surface area (Å²) in [4.78, 5) is 4.34. The maximum Gasteiger partial charge on any atom is 0.0994 e. The van der Waals surface area contributed by atoms with Crippen LogP contribution in [-0.4, -0.2) is 15.6 Å². The normalized spacial score (nSPS) is 23.5. The Hall–Kier alpha value is -0.880. The van der Waals surface area contributed by atoms with E-state index in [1.807, 2.05) is 12.5 Å². The van der Waals surface area contributed by atoms with Crippen molar-refractivity contribution in [3.05, 3.63) is 46.1 Å². The molecule has 0 spiro atoms. The van der Waals surface area contributed by atoms with Crippen LogP contribution in [0.5, 0.6) is 0 Å². The average Bonchev–Trinajstić information content (AvgIpc) is 2.89. The van der Waals surface area contributed by atoms with Crippen LogP contribution in [0.4, 0.5) is 0 Å². The molecule has 2 heterocycles. The molecule has 2 atom stereocenters. The van der Waals surface area contributed by atoms with Gasteiger partial charge in [0.25, 0.3) is 0 Å². The summed E-state index contributed by atoms with van der Waals surface area (Å²) in [6, 6.07) is 9.59. The molecule has 1 saturated heterocycles. The zero-order valence-corrected chi connectivity index (χ0v) is 13.2. The van der Waals surface area contributed by atoms with Gasteiger partial charge in [-0.1, -0.05) is 0 Å². The van der Waals surface area contributed by atoms with Crippen molar-refractivity contribution in [3.63, 3.8) is 0 Å². The number of piperidine rings is 1. The van der Waals surface area contributed by atoms with Crippen molar-refractivity contribution < 1.29 is 0 Å². The number of nitrogens with zero attached hydrogens (tertiary/aromatic N) is 2.